The number of fused-ring (bicyclic) bond motifs is 3. The largest absolute Gasteiger partial charge is 0.339 e. The summed E-state index contributed by atoms with van der Waals surface area (Å²) in [6, 6.07) is 9.58. The second kappa shape index (κ2) is 5.88. The van der Waals surface area contributed by atoms with E-state index in [1.165, 1.54) is 0 Å². The van der Waals surface area contributed by atoms with Crippen molar-refractivity contribution in [3.63, 3.8) is 0 Å². The minimum absolute atomic E-state index is 0.183. The molecule has 1 fully saturated rings. The summed E-state index contributed by atoms with van der Waals surface area (Å²) in [7, 11) is 3.56. The molecule has 0 saturated heterocycles. The maximum Gasteiger partial charge on any atom is 0.266 e. The Hall–Kier alpha value is -3.26. The quantitative estimate of drug-likeness (QED) is 0.562. The molecule has 1 saturated carbocycles. The predicted molar refractivity (Wildman–Crippen MR) is 99.1 cm³/mol. The molecular formula is C19H18N6O2. The molecule has 3 aromatic heterocycles. The van der Waals surface area contributed by atoms with Gasteiger partial charge in [-0.15, -0.1) is 0 Å². The minimum atomic E-state index is -0.183. The molecule has 4 aromatic rings. The summed E-state index contributed by atoms with van der Waals surface area (Å²) in [5.74, 6) is 1.31. The third-order valence-electron chi connectivity index (χ3n) is 4.69. The van der Waals surface area contributed by atoms with E-state index in [4.69, 9.17) is 4.52 Å². The van der Waals surface area contributed by atoms with Gasteiger partial charge in [0.05, 0.1) is 16.6 Å². The van der Waals surface area contributed by atoms with Crippen molar-refractivity contribution in [3.05, 3.63) is 48.1 Å². The van der Waals surface area contributed by atoms with Gasteiger partial charge in [0.1, 0.15) is 12.0 Å². The Balaban J connectivity index is 1.72. The Kier molecular flexibility index (Phi) is 3.48. The van der Waals surface area contributed by atoms with Gasteiger partial charge in [0.25, 0.3) is 5.91 Å². The van der Waals surface area contributed by atoms with E-state index in [1.54, 1.807) is 25.4 Å². The van der Waals surface area contributed by atoms with Gasteiger partial charge in [-0.2, -0.15) is 4.98 Å². The molecule has 1 aliphatic carbocycles. The van der Waals surface area contributed by atoms with E-state index >= 15 is 0 Å². The van der Waals surface area contributed by atoms with Crippen molar-refractivity contribution in [3.8, 4) is 11.5 Å². The molecule has 1 N–H and O–H groups in total. The summed E-state index contributed by atoms with van der Waals surface area (Å²) >= 11 is 0. The van der Waals surface area contributed by atoms with Crippen LogP contribution < -0.4 is 5.43 Å². The molecular weight excluding hydrogens is 344 g/mol. The van der Waals surface area contributed by atoms with E-state index in [1.807, 2.05) is 34.7 Å². The molecule has 8 nitrogen and oxygen atoms in total. The summed E-state index contributed by atoms with van der Waals surface area (Å²) in [6.45, 7) is 0. The molecule has 0 radical (unpaired) electrons. The first kappa shape index (κ1) is 16.0. The average Bonchev–Trinajstić information content (AvgIpc) is 3.23. The van der Waals surface area contributed by atoms with Gasteiger partial charge >= 0.3 is 0 Å². The highest BCUT2D eigenvalue weighted by atomic mass is 16.5. The van der Waals surface area contributed by atoms with E-state index in [2.05, 4.69) is 20.6 Å². The first-order chi connectivity index (χ1) is 13.1. The maximum absolute atomic E-state index is 12.8. The van der Waals surface area contributed by atoms with Gasteiger partial charge in [-0.3, -0.25) is 14.6 Å². The molecule has 0 unspecified atom stereocenters. The molecule has 27 heavy (non-hydrogen) atoms. The molecule has 1 aromatic carbocycles. The highest BCUT2D eigenvalue weighted by Crippen LogP contribution is 2.39. The number of benzene rings is 1. The number of hydrogen-bond acceptors (Lipinski definition) is 6. The van der Waals surface area contributed by atoms with E-state index in [-0.39, 0.29) is 5.91 Å². The van der Waals surface area contributed by atoms with Gasteiger partial charge in [-0.25, -0.2) is 9.99 Å². The summed E-state index contributed by atoms with van der Waals surface area (Å²) in [4.78, 5) is 21.8. The van der Waals surface area contributed by atoms with E-state index in [0.717, 1.165) is 29.3 Å². The standard InChI is InChI=1S/C19H18N6O2/c1-24(2)22-18(26)13-9-15-16(17-21-19(27-23-17)11-7-8-11)20-10-25(15)14-6-4-3-5-12(13)14/h3-6,9-11H,7-8H2,1-2H3,(H,22,26). The van der Waals surface area contributed by atoms with Crippen LogP contribution >= 0.6 is 0 Å². The van der Waals surface area contributed by atoms with Crippen molar-refractivity contribution >= 4 is 22.3 Å². The molecule has 5 rings (SSSR count). The minimum Gasteiger partial charge on any atom is -0.339 e. The molecule has 0 atom stereocenters. The smallest absolute Gasteiger partial charge is 0.266 e. The number of hydrogen-bond donors (Lipinski definition) is 1. The SMILES string of the molecule is CN(C)NC(=O)c1cc2c(-c3noc(C4CC4)n3)ncn2c2ccccc12. The summed E-state index contributed by atoms with van der Waals surface area (Å²) in [6.07, 6.45) is 3.91. The normalized spacial score (nSPS) is 14.3. The van der Waals surface area contributed by atoms with E-state index < -0.39 is 0 Å². The highest BCUT2D eigenvalue weighted by molar-refractivity contribution is 6.08. The number of hydrazine groups is 1. The number of rotatable bonds is 4. The number of carbonyl (C=O) groups excluding carboxylic acids is 1. The molecule has 0 spiro atoms. The summed E-state index contributed by atoms with van der Waals surface area (Å²) in [5, 5.41) is 6.57. The van der Waals surface area contributed by atoms with E-state index in [0.29, 0.717) is 28.9 Å². The van der Waals surface area contributed by atoms with Crippen LogP contribution in [0.3, 0.4) is 0 Å². The average molecular weight is 362 g/mol. The van der Waals surface area contributed by atoms with Crippen LogP contribution in [-0.2, 0) is 0 Å². The van der Waals surface area contributed by atoms with Gasteiger partial charge < -0.3 is 4.52 Å². The van der Waals surface area contributed by atoms with Crippen LogP contribution in [-0.4, -0.2) is 44.5 Å². The highest BCUT2D eigenvalue weighted by Gasteiger charge is 2.30. The fourth-order valence-corrected chi connectivity index (χ4v) is 3.26. The fraction of sp³-hybridized carbons (Fsp3) is 0.263. The zero-order valence-electron chi connectivity index (χ0n) is 15.0. The zero-order chi connectivity index (χ0) is 18.5. The van der Waals surface area contributed by atoms with Crippen molar-refractivity contribution in [1.82, 2.24) is 30.0 Å². The Morgan fingerprint density at radius 1 is 1.26 bits per heavy atom. The lowest BCUT2D eigenvalue weighted by Crippen LogP contribution is -2.36. The molecule has 8 heteroatoms. The lowest BCUT2D eigenvalue weighted by Gasteiger charge is -2.14. The summed E-state index contributed by atoms with van der Waals surface area (Å²) < 4.78 is 7.33. The number of pyridine rings is 1. The van der Waals surface area contributed by atoms with Crippen LogP contribution in [0.5, 0.6) is 0 Å². The lowest BCUT2D eigenvalue weighted by molar-refractivity contribution is 0.0858. The summed E-state index contributed by atoms with van der Waals surface area (Å²) in [5.41, 5.74) is 5.64. The fourth-order valence-electron chi connectivity index (χ4n) is 3.26. The van der Waals surface area contributed by atoms with Crippen LogP contribution in [0.2, 0.25) is 0 Å². The van der Waals surface area contributed by atoms with Crippen LogP contribution in [0, 0.1) is 0 Å². The maximum atomic E-state index is 12.8. The Bertz CT molecular complexity index is 1170. The number of aromatic nitrogens is 4. The number of nitrogens with one attached hydrogen (secondary N) is 1. The number of nitrogens with zero attached hydrogens (tertiary/aromatic N) is 5. The first-order valence-electron chi connectivity index (χ1n) is 8.83. The van der Waals surface area contributed by atoms with Crippen LogP contribution in [0.4, 0.5) is 0 Å². The monoisotopic (exact) mass is 362 g/mol. The van der Waals surface area contributed by atoms with Crippen LogP contribution in [0.1, 0.15) is 35.0 Å². The first-order valence-corrected chi connectivity index (χ1v) is 8.83. The second-order valence-corrected chi connectivity index (χ2v) is 6.99. The zero-order valence-corrected chi connectivity index (χ0v) is 15.0. The number of carbonyl (C=O) groups is 1. The van der Waals surface area contributed by atoms with Crippen molar-refractivity contribution in [2.24, 2.45) is 0 Å². The number of para-hydroxylation sites is 1. The predicted octanol–water partition coefficient (Wildman–Crippen LogP) is 2.62. The third-order valence-corrected chi connectivity index (χ3v) is 4.69. The van der Waals surface area contributed by atoms with Gasteiger partial charge in [0.15, 0.2) is 0 Å². The Morgan fingerprint density at radius 3 is 2.85 bits per heavy atom. The van der Waals surface area contributed by atoms with Crippen molar-refractivity contribution < 1.29 is 9.32 Å². The van der Waals surface area contributed by atoms with Gasteiger partial charge in [-0.1, -0.05) is 23.4 Å². The van der Waals surface area contributed by atoms with E-state index in [9.17, 15) is 4.79 Å². The van der Waals surface area contributed by atoms with Crippen LogP contribution in [0.25, 0.3) is 27.9 Å². The molecule has 1 aliphatic rings. The number of amides is 1. The lowest BCUT2D eigenvalue weighted by atomic mass is 10.1. The second-order valence-electron chi connectivity index (χ2n) is 6.99. The van der Waals surface area contributed by atoms with Crippen LogP contribution in [0.15, 0.2) is 41.2 Å². The molecule has 1 amide bonds. The molecule has 0 bridgehead atoms. The molecule has 0 aliphatic heterocycles. The van der Waals surface area contributed by atoms with Crippen molar-refractivity contribution in [1.29, 1.82) is 0 Å². The van der Waals surface area contributed by atoms with Gasteiger partial charge in [0, 0.05) is 25.4 Å². The third kappa shape index (κ3) is 2.65. The Morgan fingerprint density at radius 2 is 2.07 bits per heavy atom. The van der Waals surface area contributed by atoms with Crippen molar-refractivity contribution in [2.75, 3.05) is 14.1 Å². The number of imidazole rings is 1. The topological polar surface area (TPSA) is 88.6 Å². The molecule has 136 valence electrons. The Labute approximate surface area is 154 Å². The van der Waals surface area contributed by atoms with Crippen molar-refractivity contribution in [2.45, 2.75) is 18.8 Å². The van der Waals surface area contributed by atoms with Gasteiger partial charge in [0.2, 0.25) is 11.7 Å². The van der Waals surface area contributed by atoms with Gasteiger partial charge in [-0.05, 0) is 25.0 Å². The molecule has 3 heterocycles.